The Balaban J connectivity index is 2.20. The summed E-state index contributed by atoms with van der Waals surface area (Å²) in [5.41, 5.74) is 1.43. The summed E-state index contributed by atoms with van der Waals surface area (Å²) < 4.78 is 0. The number of aromatic hydroxyl groups is 1. The van der Waals surface area contributed by atoms with E-state index in [1.165, 1.54) is 0 Å². The van der Waals surface area contributed by atoms with Crippen LogP contribution in [0.25, 0.3) is 0 Å². The van der Waals surface area contributed by atoms with Crippen molar-refractivity contribution in [1.29, 1.82) is 0 Å². The molecule has 2 rings (SSSR count). The number of likely N-dealkylation sites (tertiary alicyclic amines) is 1. The van der Waals surface area contributed by atoms with E-state index >= 15 is 0 Å². The maximum absolute atomic E-state index is 12.7. The van der Waals surface area contributed by atoms with Crippen LogP contribution in [0.2, 0.25) is 0 Å². The Morgan fingerprint density at radius 1 is 1.45 bits per heavy atom. The number of piperidine rings is 1. The van der Waals surface area contributed by atoms with E-state index in [4.69, 9.17) is 0 Å². The second-order valence-corrected chi connectivity index (χ2v) is 5.73. The zero-order valence-electron chi connectivity index (χ0n) is 12.2. The Morgan fingerprint density at radius 3 is 2.85 bits per heavy atom. The summed E-state index contributed by atoms with van der Waals surface area (Å²) in [5, 5.41) is 19.0. The maximum Gasteiger partial charge on any atom is 0.254 e. The predicted molar refractivity (Wildman–Crippen MR) is 77.8 cm³/mol. The molecule has 0 saturated carbocycles. The summed E-state index contributed by atoms with van der Waals surface area (Å²) in [4.78, 5) is 14.6. The van der Waals surface area contributed by atoms with Crippen LogP contribution in [0.1, 0.15) is 48.5 Å². The van der Waals surface area contributed by atoms with Gasteiger partial charge in [0.25, 0.3) is 5.91 Å². The molecule has 0 radical (unpaired) electrons. The Kier molecular flexibility index (Phi) is 4.65. The van der Waals surface area contributed by atoms with E-state index in [1.54, 1.807) is 25.1 Å². The van der Waals surface area contributed by atoms with E-state index in [-0.39, 0.29) is 17.7 Å². The highest BCUT2D eigenvalue weighted by Crippen LogP contribution is 2.25. The molecule has 110 valence electrons. The lowest BCUT2D eigenvalue weighted by atomic mass is 9.95. The number of hydrogen-bond donors (Lipinski definition) is 2. The predicted octanol–water partition coefficient (Wildman–Crippen LogP) is 2.47. The molecule has 0 spiro atoms. The standard InChI is InChI=1S/C16H23NO3/c1-11-9-14(19)6-7-15(11)16(20)17-8-4-3-5-13(17)10-12(2)18/h6-7,9,12-13,18-19H,3-5,8,10H2,1-2H3. The lowest BCUT2D eigenvalue weighted by Gasteiger charge is -2.36. The average molecular weight is 277 g/mol. The Bertz CT molecular complexity index is 485. The van der Waals surface area contributed by atoms with Crippen molar-refractivity contribution in [3.8, 4) is 5.75 Å². The van der Waals surface area contributed by atoms with Gasteiger partial charge < -0.3 is 15.1 Å². The molecule has 1 aromatic carbocycles. The number of aliphatic hydroxyl groups excluding tert-OH is 1. The Morgan fingerprint density at radius 2 is 2.20 bits per heavy atom. The van der Waals surface area contributed by atoms with Gasteiger partial charge in [-0.15, -0.1) is 0 Å². The number of carbonyl (C=O) groups is 1. The van der Waals surface area contributed by atoms with Crippen molar-refractivity contribution in [1.82, 2.24) is 4.90 Å². The number of carbonyl (C=O) groups excluding carboxylic acids is 1. The summed E-state index contributed by atoms with van der Waals surface area (Å²) in [6.45, 7) is 4.35. The number of aliphatic hydroxyl groups is 1. The molecule has 1 saturated heterocycles. The van der Waals surface area contributed by atoms with E-state index < -0.39 is 6.10 Å². The van der Waals surface area contributed by atoms with Crippen molar-refractivity contribution < 1.29 is 15.0 Å². The van der Waals surface area contributed by atoms with E-state index in [0.29, 0.717) is 12.0 Å². The van der Waals surface area contributed by atoms with Gasteiger partial charge in [0.15, 0.2) is 0 Å². The van der Waals surface area contributed by atoms with Gasteiger partial charge in [-0.25, -0.2) is 0 Å². The largest absolute Gasteiger partial charge is 0.508 e. The van der Waals surface area contributed by atoms with Gasteiger partial charge in [-0.1, -0.05) is 0 Å². The van der Waals surface area contributed by atoms with Crippen LogP contribution in [0, 0.1) is 6.92 Å². The summed E-state index contributed by atoms with van der Waals surface area (Å²) in [6, 6.07) is 4.96. The third kappa shape index (κ3) is 3.31. The first-order valence-electron chi connectivity index (χ1n) is 7.27. The molecular weight excluding hydrogens is 254 g/mol. The van der Waals surface area contributed by atoms with Gasteiger partial charge in [0.05, 0.1) is 6.10 Å². The van der Waals surface area contributed by atoms with E-state index in [9.17, 15) is 15.0 Å². The highest BCUT2D eigenvalue weighted by molar-refractivity contribution is 5.96. The monoisotopic (exact) mass is 277 g/mol. The summed E-state index contributed by atoms with van der Waals surface area (Å²) in [7, 11) is 0. The molecule has 1 aromatic rings. The number of nitrogens with zero attached hydrogens (tertiary/aromatic N) is 1. The molecule has 1 aliphatic heterocycles. The zero-order chi connectivity index (χ0) is 14.7. The number of aryl methyl sites for hydroxylation is 1. The van der Waals surface area contributed by atoms with Crippen LogP contribution in [0.15, 0.2) is 18.2 Å². The summed E-state index contributed by atoms with van der Waals surface area (Å²) >= 11 is 0. The fraction of sp³-hybridized carbons (Fsp3) is 0.562. The molecule has 4 heteroatoms. The van der Waals surface area contributed by atoms with Crippen molar-refractivity contribution in [2.45, 2.75) is 51.7 Å². The fourth-order valence-electron chi connectivity index (χ4n) is 2.95. The van der Waals surface area contributed by atoms with Gasteiger partial charge in [-0.3, -0.25) is 4.79 Å². The summed E-state index contributed by atoms with van der Waals surface area (Å²) in [6.07, 6.45) is 3.31. The second kappa shape index (κ2) is 6.27. The van der Waals surface area contributed by atoms with Crippen molar-refractivity contribution >= 4 is 5.91 Å². The molecule has 1 aliphatic rings. The molecule has 1 amide bonds. The van der Waals surface area contributed by atoms with E-state index in [1.807, 2.05) is 11.8 Å². The normalized spacial score (nSPS) is 20.8. The molecule has 0 bridgehead atoms. The van der Waals surface area contributed by atoms with Crippen LogP contribution in [0.4, 0.5) is 0 Å². The Hall–Kier alpha value is -1.55. The van der Waals surface area contributed by atoms with Gasteiger partial charge >= 0.3 is 0 Å². The third-order valence-electron chi connectivity index (χ3n) is 3.94. The van der Waals surface area contributed by atoms with Crippen molar-refractivity contribution in [2.24, 2.45) is 0 Å². The first-order chi connectivity index (χ1) is 9.49. The summed E-state index contributed by atoms with van der Waals surface area (Å²) in [5.74, 6) is 0.186. The van der Waals surface area contributed by atoms with Crippen molar-refractivity contribution in [3.05, 3.63) is 29.3 Å². The van der Waals surface area contributed by atoms with Gasteiger partial charge in [0, 0.05) is 18.2 Å². The first kappa shape index (κ1) is 14.9. The van der Waals surface area contributed by atoms with Crippen LogP contribution >= 0.6 is 0 Å². The van der Waals surface area contributed by atoms with Gasteiger partial charge in [0.2, 0.25) is 0 Å². The van der Waals surface area contributed by atoms with Crippen LogP contribution in [-0.4, -0.2) is 39.7 Å². The lowest BCUT2D eigenvalue weighted by molar-refractivity contribution is 0.0514. The van der Waals surface area contributed by atoms with E-state index in [0.717, 1.165) is 31.4 Å². The third-order valence-corrected chi connectivity index (χ3v) is 3.94. The van der Waals surface area contributed by atoms with Crippen LogP contribution in [0.5, 0.6) is 5.75 Å². The molecule has 2 atom stereocenters. The minimum Gasteiger partial charge on any atom is -0.508 e. The van der Waals surface area contributed by atoms with Gasteiger partial charge in [-0.2, -0.15) is 0 Å². The number of hydrogen-bond acceptors (Lipinski definition) is 3. The molecular formula is C16H23NO3. The lowest BCUT2D eigenvalue weighted by Crippen LogP contribution is -2.45. The quantitative estimate of drug-likeness (QED) is 0.892. The minimum atomic E-state index is -0.394. The molecule has 1 heterocycles. The van der Waals surface area contributed by atoms with Crippen LogP contribution in [-0.2, 0) is 0 Å². The zero-order valence-corrected chi connectivity index (χ0v) is 12.2. The molecule has 4 nitrogen and oxygen atoms in total. The highest BCUT2D eigenvalue weighted by Gasteiger charge is 2.28. The van der Waals surface area contributed by atoms with Crippen LogP contribution < -0.4 is 0 Å². The average Bonchev–Trinajstić information content (AvgIpc) is 2.38. The number of amides is 1. The molecule has 20 heavy (non-hydrogen) atoms. The number of phenolic OH excluding ortho intramolecular Hbond substituents is 1. The SMILES string of the molecule is Cc1cc(O)ccc1C(=O)N1CCCCC1CC(C)O. The minimum absolute atomic E-state index is 0.00727. The molecule has 2 N–H and O–H groups in total. The van der Waals surface area contributed by atoms with E-state index in [2.05, 4.69) is 0 Å². The van der Waals surface area contributed by atoms with Gasteiger partial charge in [-0.05, 0) is 63.3 Å². The highest BCUT2D eigenvalue weighted by atomic mass is 16.3. The molecule has 2 unspecified atom stereocenters. The molecule has 0 aromatic heterocycles. The van der Waals surface area contributed by atoms with Crippen molar-refractivity contribution in [3.63, 3.8) is 0 Å². The number of benzene rings is 1. The number of phenols is 1. The Labute approximate surface area is 120 Å². The van der Waals surface area contributed by atoms with Crippen LogP contribution in [0.3, 0.4) is 0 Å². The fourth-order valence-corrected chi connectivity index (χ4v) is 2.95. The maximum atomic E-state index is 12.7. The molecule has 0 aliphatic carbocycles. The second-order valence-electron chi connectivity index (χ2n) is 5.73. The first-order valence-corrected chi connectivity index (χ1v) is 7.27. The topological polar surface area (TPSA) is 60.8 Å². The van der Waals surface area contributed by atoms with Crippen molar-refractivity contribution in [2.75, 3.05) is 6.54 Å². The number of rotatable bonds is 3. The molecule has 1 fully saturated rings. The smallest absolute Gasteiger partial charge is 0.254 e. The van der Waals surface area contributed by atoms with Gasteiger partial charge in [0.1, 0.15) is 5.75 Å².